The number of para-hydroxylation sites is 2. The lowest BCUT2D eigenvalue weighted by atomic mass is 10.2. The first kappa shape index (κ1) is 13.0. The van der Waals surface area contributed by atoms with E-state index in [0.717, 1.165) is 0 Å². The number of ether oxygens (including phenoxy) is 1. The highest BCUT2D eigenvalue weighted by Gasteiger charge is 2.17. The van der Waals surface area contributed by atoms with E-state index in [2.05, 4.69) is 0 Å². The number of carbonyl (C=O) groups is 2. The number of amides is 1. The number of hydrogen-bond acceptors (Lipinski definition) is 4. The zero-order valence-electron chi connectivity index (χ0n) is 9.97. The smallest absolute Gasteiger partial charge is 0.315 e. The van der Waals surface area contributed by atoms with E-state index >= 15 is 0 Å². The van der Waals surface area contributed by atoms with Crippen molar-refractivity contribution in [3.63, 3.8) is 0 Å². The minimum atomic E-state index is -0.529. The quantitative estimate of drug-likeness (QED) is 0.484. The van der Waals surface area contributed by atoms with E-state index in [-0.39, 0.29) is 18.9 Å². The maximum absolute atomic E-state index is 11.8. The molecule has 2 N–H and O–H groups in total. The first-order chi connectivity index (χ1) is 8.06. The molecule has 0 spiro atoms. The lowest BCUT2D eigenvalue weighted by molar-refractivity contribution is -0.145. The number of nitrogen functional groups attached to an aromatic ring is 1. The molecule has 0 aliphatic heterocycles. The second-order valence-electron chi connectivity index (χ2n) is 3.49. The Morgan fingerprint density at radius 2 is 2.00 bits per heavy atom. The van der Waals surface area contributed by atoms with Gasteiger partial charge in [0.25, 0.3) is 0 Å². The van der Waals surface area contributed by atoms with Gasteiger partial charge >= 0.3 is 5.97 Å². The van der Waals surface area contributed by atoms with Crippen molar-refractivity contribution in [2.45, 2.75) is 13.3 Å². The Hall–Kier alpha value is -2.04. The topological polar surface area (TPSA) is 72.6 Å². The van der Waals surface area contributed by atoms with Crippen molar-refractivity contribution >= 4 is 23.3 Å². The molecule has 0 bridgehead atoms. The molecule has 5 nitrogen and oxygen atoms in total. The molecule has 0 saturated carbocycles. The van der Waals surface area contributed by atoms with Gasteiger partial charge in [0.1, 0.15) is 6.42 Å². The minimum Gasteiger partial charge on any atom is -0.466 e. The number of hydrogen-bond donors (Lipinski definition) is 1. The third-order valence-corrected chi connectivity index (χ3v) is 2.27. The fraction of sp³-hybridized carbons (Fsp3) is 0.333. The van der Waals surface area contributed by atoms with E-state index in [1.165, 1.54) is 4.90 Å². The zero-order valence-corrected chi connectivity index (χ0v) is 9.97. The number of carbonyl (C=O) groups excluding carboxylic acids is 2. The maximum atomic E-state index is 11.8. The van der Waals surface area contributed by atoms with E-state index in [4.69, 9.17) is 10.5 Å². The monoisotopic (exact) mass is 236 g/mol. The van der Waals surface area contributed by atoms with Gasteiger partial charge in [-0.05, 0) is 19.1 Å². The molecule has 0 aromatic heterocycles. The van der Waals surface area contributed by atoms with Crippen LogP contribution < -0.4 is 10.6 Å². The summed E-state index contributed by atoms with van der Waals surface area (Å²) in [6.45, 7) is 1.96. The Morgan fingerprint density at radius 3 is 2.59 bits per heavy atom. The highest BCUT2D eigenvalue weighted by molar-refractivity contribution is 6.04. The van der Waals surface area contributed by atoms with Crippen LogP contribution in [0.5, 0.6) is 0 Å². The van der Waals surface area contributed by atoms with Crippen LogP contribution >= 0.6 is 0 Å². The summed E-state index contributed by atoms with van der Waals surface area (Å²) in [7, 11) is 1.58. The molecule has 1 amide bonds. The fourth-order valence-corrected chi connectivity index (χ4v) is 1.38. The van der Waals surface area contributed by atoms with Gasteiger partial charge in [0.2, 0.25) is 5.91 Å². The molecule has 5 heteroatoms. The predicted molar refractivity (Wildman–Crippen MR) is 65.5 cm³/mol. The number of anilines is 2. The van der Waals surface area contributed by atoms with Gasteiger partial charge in [-0.2, -0.15) is 0 Å². The van der Waals surface area contributed by atoms with Gasteiger partial charge in [0, 0.05) is 7.05 Å². The molecule has 1 aromatic carbocycles. The molecule has 0 radical (unpaired) electrons. The summed E-state index contributed by atoms with van der Waals surface area (Å²) in [5.74, 6) is -0.875. The van der Waals surface area contributed by atoms with Crippen molar-refractivity contribution in [3.05, 3.63) is 24.3 Å². The van der Waals surface area contributed by atoms with Crippen LogP contribution in [0.2, 0.25) is 0 Å². The van der Waals surface area contributed by atoms with Crippen molar-refractivity contribution in [2.24, 2.45) is 0 Å². The van der Waals surface area contributed by atoms with E-state index in [1.807, 2.05) is 0 Å². The molecule has 17 heavy (non-hydrogen) atoms. The highest BCUT2D eigenvalue weighted by Crippen LogP contribution is 2.21. The largest absolute Gasteiger partial charge is 0.466 e. The predicted octanol–water partition coefficient (Wildman–Crippen LogP) is 1.18. The Morgan fingerprint density at radius 1 is 1.35 bits per heavy atom. The number of nitrogens with two attached hydrogens (primary N) is 1. The van der Waals surface area contributed by atoms with E-state index in [1.54, 1.807) is 38.2 Å². The molecule has 1 rings (SSSR count). The maximum Gasteiger partial charge on any atom is 0.315 e. The first-order valence-electron chi connectivity index (χ1n) is 5.33. The van der Waals surface area contributed by atoms with E-state index < -0.39 is 5.97 Å². The zero-order chi connectivity index (χ0) is 12.8. The molecule has 92 valence electrons. The standard InChI is InChI=1S/C12H16N2O3/c1-3-17-12(16)8-11(15)14(2)10-7-5-4-6-9(10)13/h4-7H,3,8,13H2,1-2H3. The summed E-state index contributed by atoms with van der Waals surface area (Å²) in [6.07, 6.45) is -0.279. The summed E-state index contributed by atoms with van der Waals surface area (Å²) in [5, 5.41) is 0. The Balaban J connectivity index is 2.70. The lowest BCUT2D eigenvalue weighted by Gasteiger charge is -2.18. The normalized spacial score (nSPS) is 9.76. The summed E-state index contributed by atoms with van der Waals surface area (Å²) in [6, 6.07) is 6.98. The Labute approximate surface area is 100 Å². The van der Waals surface area contributed by atoms with Gasteiger partial charge in [-0.15, -0.1) is 0 Å². The average molecular weight is 236 g/mol. The van der Waals surface area contributed by atoms with Crippen molar-refractivity contribution in [1.82, 2.24) is 0 Å². The molecule has 1 aromatic rings. The number of rotatable bonds is 4. The van der Waals surface area contributed by atoms with Crippen LogP contribution in [-0.2, 0) is 14.3 Å². The summed E-state index contributed by atoms with van der Waals surface area (Å²) in [4.78, 5) is 24.3. The SMILES string of the molecule is CCOC(=O)CC(=O)N(C)c1ccccc1N. The molecule has 0 aliphatic carbocycles. The second-order valence-corrected chi connectivity index (χ2v) is 3.49. The molecule has 0 heterocycles. The van der Waals surface area contributed by atoms with Gasteiger partial charge in [0.15, 0.2) is 0 Å². The minimum absolute atomic E-state index is 0.267. The van der Waals surface area contributed by atoms with Crippen molar-refractivity contribution in [2.75, 3.05) is 24.3 Å². The van der Waals surface area contributed by atoms with Gasteiger partial charge in [-0.25, -0.2) is 0 Å². The Bertz CT molecular complexity index is 418. The van der Waals surface area contributed by atoms with Crippen LogP contribution in [0.1, 0.15) is 13.3 Å². The number of nitrogens with zero attached hydrogens (tertiary/aromatic N) is 1. The van der Waals surface area contributed by atoms with Crippen LogP contribution in [0.3, 0.4) is 0 Å². The highest BCUT2D eigenvalue weighted by atomic mass is 16.5. The molecule has 0 fully saturated rings. The number of benzene rings is 1. The van der Waals surface area contributed by atoms with Crippen molar-refractivity contribution < 1.29 is 14.3 Å². The summed E-state index contributed by atoms with van der Waals surface area (Å²) >= 11 is 0. The molecule has 0 unspecified atom stereocenters. The van der Waals surface area contributed by atoms with Crippen molar-refractivity contribution in [1.29, 1.82) is 0 Å². The summed E-state index contributed by atoms with van der Waals surface area (Å²) < 4.78 is 4.71. The third kappa shape index (κ3) is 3.48. The van der Waals surface area contributed by atoms with Gasteiger partial charge < -0.3 is 15.4 Å². The van der Waals surface area contributed by atoms with E-state index in [9.17, 15) is 9.59 Å². The molecular formula is C12H16N2O3. The average Bonchev–Trinajstić information content (AvgIpc) is 2.29. The third-order valence-electron chi connectivity index (χ3n) is 2.27. The van der Waals surface area contributed by atoms with Gasteiger partial charge in [-0.3, -0.25) is 9.59 Å². The van der Waals surface area contributed by atoms with Crippen LogP contribution in [0.15, 0.2) is 24.3 Å². The Kier molecular flexibility index (Phi) is 4.51. The molecule has 0 aliphatic rings. The van der Waals surface area contributed by atoms with Gasteiger partial charge in [-0.1, -0.05) is 12.1 Å². The van der Waals surface area contributed by atoms with Crippen molar-refractivity contribution in [3.8, 4) is 0 Å². The fourth-order valence-electron chi connectivity index (χ4n) is 1.38. The molecular weight excluding hydrogens is 220 g/mol. The van der Waals surface area contributed by atoms with Crippen LogP contribution in [-0.4, -0.2) is 25.5 Å². The summed E-state index contributed by atoms with van der Waals surface area (Å²) in [5.41, 5.74) is 6.82. The second kappa shape index (κ2) is 5.89. The van der Waals surface area contributed by atoms with Crippen LogP contribution in [0.4, 0.5) is 11.4 Å². The van der Waals surface area contributed by atoms with Crippen LogP contribution in [0.25, 0.3) is 0 Å². The van der Waals surface area contributed by atoms with E-state index in [0.29, 0.717) is 11.4 Å². The number of esters is 1. The lowest BCUT2D eigenvalue weighted by Crippen LogP contribution is -2.29. The molecule has 0 saturated heterocycles. The first-order valence-corrected chi connectivity index (χ1v) is 5.33. The van der Waals surface area contributed by atoms with Gasteiger partial charge in [0.05, 0.1) is 18.0 Å². The molecule has 0 atom stereocenters. The van der Waals surface area contributed by atoms with Crippen LogP contribution in [0, 0.1) is 0 Å².